The van der Waals surface area contributed by atoms with Crippen LogP contribution in [0.25, 0.3) is 0 Å². The first-order valence-electron chi connectivity index (χ1n) is 7.05. The van der Waals surface area contributed by atoms with Crippen molar-refractivity contribution < 1.29 is 14.3 Å². The van der Waals surface area contributed by atoms with Crippen molar-refractivity contribution in [2.45, 2.75) is 12.5 Å². The van der Waals surface area contributed by atoms with Gasteiger partial charge in [-0.2, -0.15) is 0 Å². The number of hydrogen-bond donors (Lipinski definition) is 1. The number of carbonyl (C=O) groups excluding carboxylic acids is 1. The molecular formula is C16H21N3O3. The number of imidazole rings is 1. The van der Waals surface area contributed by atoms with Crippen molar-refractivity contribution in [1.29, 1.82) is 0 Å². The van der Waals surface area contributed by atoms with Gasteiger partial charge in [0.2, 0.25) is 5.91 Å². The molecule has 0 aliphatic heterocycles. The Bertz CT molecular complexity index is 607. The van der Waals surface area contributed by atoms with E-state index in [1.165, 1.54) is 0 Å². The van der Waals surface area contributed by atoms with Crippen molar-refractivity contribution in [2.24, 2.45) is 7.05 Å². The van der Waals surface area contributed by atoms with Gasteiger partial charge >= 0.3 is 0 Å². The van der Waals surface area contributed by atoms with Crippen LogP contribution in [0.3, 0.4) is 0 Å². The van der Waals surface area contributed by atoms with E-state index in [0.29, 0.717) is 13.0 Å². The topological polar surface area (TPSA) is 65.4 Å². The van der Waals surface area contributed by atoms with Crippen molar-refractivity contribution in [3.63, 3.8) is 0 Å². The van der Waals surface area contributed by atoms with Crippen LogP contribution in [0.4, 0.5) is 0 Å². The molecule has 0 spiro atoms. The quantitative estimate of drug-likeness (QED) is 0.845. The fourth-order valence-corrected chi connectivity index (χ4v) is 2.18. The Morgan fingerprint density at radius 3 is 2.59 bits per heavy atom. The molecule has 1 aromatic heterocycles. The van der Waals surface area contributed by atoms with Crippen LogP contribution in [-0.2, 0) is 16.6 Å². The van der Waals surface area contributed by atoms with Crippen molar-refractivity contribution in [2.75, 3.05) is 20.8 Å². The maximum absolute atomic E-state index is 12.1. The summed E-state index contributed by atoms with van der Waals surface area (Å²) in [6.07, 6.45) is 3.88. The average molecular weight is 303 g/mol. The van der Waals surface area contributed by atoms with Gasteiger partial charge in [0.1, 0.15) is 17.6 Å². The molecule has 1 amide bonds. The number of benzene rings is 1. The molecular weight excluding hydrogens is 282 g/mol. The van der Waals surface area contributed by atoms with Gasteiger partial charge in [0.25, 0.3) is 0 Å². The van der Waals surface area contributed by atoms with Gasteiger partial charge in [-0.3, -0.25) is 4.79 Å². The van der Waals surface area contributed by atoms with E-state index in [2.05, 4.69) is 10.3 Å². The standard InChI is InChI=1S/C16H21N3O3/c1-19-10-9-17-16(19)15(18-14(20)8-11-21-2)12-4-6-13(22-3)7-5-12/h4-7,9-10,15H,8,11H2,1-3H3,(H,18,20). The largest absolute Gasteiger partial charge is 0.497 e. The van der Waals surface area contributed by atoms with Gasteiger partial charge in [0.15, 0.2) is 0 Å². The van der Waals surface area contributed by atoms with Crippen LogP contribution in [0.2, 0.25) is 0 Å². The minimum Gasteiger partial charge on any atom is -0.497 e. The highest BCUT2D eigenvalue weighted by molar-refractivity contribution is 5.77. The third kappa shape index (κ3) is 3.85. The molecule has 0 saturated heterocycles. The number of rotatable bonds is 7. The fraction of sp³-hybridized carbons (Fsp3) is 0.375. The van der Waals surface area contributed by atoms with E-state index in [4.69, 9.17) is 9.47 Å². The summed E-state index contributed by atoms with van der Waals surface area (Å²) >= 11 is 0. The van der Waals surface area contributed by atoms with Crippen LogP contribution in [0.5, 0.6) is 5.75 Å². The summed E-state index contributed by atoms with van der Waals surface area (Å²) < 4.78 is 12.0. The first-order valence-corrected chi connectivity index (χ1v) is 7.05. The van der Waals surface area contributed by atoms with Gasteiger partial charge in [-0.1, -0.05) is 12.1 Å². The summed E-state index contributed by atoms with van der Waals surface area (Å²) in [5, 5.41) is 3.01. The molecule has 0 fully saturated rings. The lowest BCUT2D eigenvalue weighted by Gasteiger charge is -2.19. The molecule has 1 atom stereocenters. The summed E-state index contributed by atoms with van der Waals surface area (Å²) in [5.74, 6) is 1.47. The van der Waals surface area contributed by atoms with Crippen molar-refractivity contribution >= 4 is 5.91 Å². The van der Waals surface area contributed by atoms with Gasteiger partial charge < -0.3 is 19.4 Å². The monoisotopic (exact) mass is 303 g/mol. The Morgan fingerprint density at radius 1 is 1.32 bits per heavy atom. The molecule has 6 heteroatoms. The number of nitrogens with one attached hydrogen (secondary N) is 1. The first-order chi connectivity index (χ1) is 10.7. The smallest absolute Gasteiger partial charge is 0.223 e. The Hall–Kier alpha value is -2.34. The zero-order valence-corrected chi connectivity index (χ0v) is 13.1. The highest BCUT2D eigenvalue weighted by atomic mass is 16.5. The fourth-order valence-electron chi connectivity index (χ4n) is 2.18. The number of nitrogens with zero attached hydrogens (tertiary/aromatic N) is 2. The zero-order valence-electron chi connectivity index (χ0n) is 13.1. The molecule has 1 N–H and O–H groups in total. The van der Waals surface area contributed by atoms with Gasteiger partial charge in [0, 0.05) is 33.0 Å². The van der Waals surface area contributed by atoms with E-state index < -0.39 is 0 Å². The van der Waals surface area contributed by atoms with Crippen molar-refractivity contribution in [3.05, 3.63) is 48.0 Å². The van der Waals surface area contributed by atoms with Crippen LogP contribution in [0.15, 0.2) is 36.7 Å². The third-order valence-corrected chi connectivity index (χ3v) is 3.40. The highest BCUT2D eigenvalue weighted by Gasteiger charge is 2.20. The average Bonchev–Trinajstić information content (AvgIpc) is 2.96. The molecule has 1 aromatic carbocycles. The number of aryl methyl sites for hydroxylation is 1. The Labute approximate surface area is 130 Å². The van der Waals surface area contributed by atoms with Gasteiger partial charge in [-0.25, -0.2) is 4.98 Å². The Kier molecular flexibility index (Phi) is 5.55. The van der Waals surface area contributed by atoms with Gasteiger partial charge in [-0.05, 0) is 17.7 Å². The zero-order chi connectivity index (χ0) is 15.9. The minimum atomic E-state index is -0.310. The van der Waals surface area contributed by atoms with Crippen LogP contribution < -0.4 is 10.1 Å². The molecule has 0 aliphatic rings. The number of carbonyl (C=O) groups is 1. The number of aromatic nitrogens is 2. The van der Waals surface area contributed by atoms with Crippen molar-refractivity contribution in [3.8, 4) is 5.75 Å². The van der Waals surface area contributed by atoms with E-state index in [9.17, 15) is 4.79 Å². The Morgan fingerprint density at radius 2 is 2.05 bits per heavy atom. The summed E-state index contributed by atoms with van der Waals surface area (Å²) in [7, 11) is 5.10. The lowest BCUT2D eigenvalue weighted by molar-refractivity contribution is -0.122. The van der Waals surface area contributed by atoms with Crippen molar-refractivity contribution in [1.82, 2.24) is 14.9 Å². The van der Waals surface area contributed by atoms with Gasteiger partial charge in [0.05, 0.1) is 13.7 Å². The molecule has 0 saturated carbocycles. The molecule has 22 heavy (non-hydrogen) atoms. The van der Waals surface area contributed by atoms with Crippen LogP contribution in [0, 0.1) is 0 Å². The lowest BCUT2D eigenvalue weighted by Crippen LogP contribution is -2.31. The second-order valence-corrected chi connectivity index (χ2v) is 4.91. The summed E-state index contributed by atoms with van der Waals surface area (Å²) in [6.45, 7) is 0.391. The molecule has 0 bridgehead atoms. The van der Waals surface area contributed by atoms with E-state index in [1.54, 1.807) is 20.4 Å². The number of methoxy groups -OCH3 is 2. The van der Waals surface area contributed by atoms with Crippen LogP contribution >= 0.6 is 0 Å². The third-order valence-electron chi connectivity index (χ3n) is 3.40. The molecule has 118 valence electrons. The van der Waals surface area contributed by atoms with E-state index in [1.807, 2.05) is 42.1 Å². The lowest BCUT2D eigenvalue weighted by atomic mass is 10.1. The molecule has 2 rings (SSSR count). The summed E-state index contributed by atoms with van der Waals surface area (Å²) in [6, 6.07) is 7.28. The highest BCUT2D eigenvalue weighted by Crippen LogP contribution is 2.23. The summed E-state index contributed by atoms with van der Waals surface area (Å²) in [4.78, 5) is 16.4. The molecule has 1 heterocycles. The predicted octanol–water partition coefficient (Wildman–Crippen LogP) is 1.67. The second kappa shape index (κ2) is 7.61. The normalized spacial score (nSPS) is 12.0. The van der Waals surface area contributed by atoms with E-state index in [-0.39, 0.29) is 11.9 Å². The van der Waals surface area contributed by atoms with Crippen LogP contribution in [-0.4, -0.2) is 36.3 Å². The number of amides is 1. The number of ether oxygens (including phenoxy) is 2. The molecule has 6 nitrogen and oxygen atoms in total. The maximum Gasteiger partial charge on any atom is 0.223 e. The Balaban J connectivity index is 2.25. The van der Waals surface area contributed by atoms with Gasteiger partial charge in [-0.15, -0.1) is 0 Å². The molecule has 1 unspecified atom stereocenters. The second-order valence-electron chi connectivity index (χ2n) is 4.91. The maximum atomic E-state index is 12.1. The van der Waals surface area contributed by atoms with E-state index in [0.717, 1.165) is 17.1 Å². The SMILES string of the molecule is COCCC(=O)NC(c1ccc(OC)cc1)c1nccn1C. The molecule has 0 radical (unpaired) electrons. The summed E-state index contributed by atoms with van der Waals surface area (Å²) in [5.41, 5.74) is 0.945. The molecule has 2 aromatic rings. The number of hydrogen-bond acceptors (Lipinski definition) is 4. The minimum absolute atomic E-state index is 0.0781. The first kappa shape index (κ1) is 16.0. The predicted molar refractivity (Wildman–Crippen MR) is 82.7 cm³/mol. The van der Waals surface area contributed by atoms with Crippen LogP contribution in [0.1, 0.15) is 23.9 Å². The molecule has 0 aliphatic carbocycles. The van der Waals surface area contributed by atoms with E-state index >= 15 is 0 Å².